The van der Waals surface area contributed by atoms with Gasteiger partial charge in [-0.3, -0.25) is 0 Å². The fourth-order valence-electron chi connectivity index (χ4n) is 2.28. The summed E-state index contributed by atoms with van der Waals surface area (Å²) in [5.41, 5.74) is 3.09. The van der Waals surface area contributed by atoms with Crippen LogP contribution in [0, 0.1) is 5.82 Å². The maximum atomic E-state index is 13.5. The number of rotatable bonds is 5. The number of methoxy groups -OCH3 is 1. The van der Waals surface area contributed by atoms with Crippen LogP contribution in [0.1, 0.15) is 18.4 Å². The zero-order chi connectivity index (χ0) is 13.9. The van der Waals surface area contributed by atoms with Crippen molar-refractivity contribution in [3.05, 3.63) is 53.8 Å². The predicted molar refractivity (Wildman–Crippen MR) is 78.2 cm³/mol. The largest absolute Gasteiger partial charge is 0.497 e. The lowest BCUT2D eigenvalue weighted by molar-refractivity contribution is 0.415. The SMILES string of the molecule is COc1ccc(-c2cc(F)ccc2CNC2CC2)cc1. The maximum absolute atomic E-state index is 13.5. The molecular formula is C17H18FNO. The third kappa shape index (κ3) is 2.99. The molecule has 104 valence electrons. The zero-order valence-electron chi connectivity index (χ0n) is 11.5. The van der Waals surface area contributed by atoms with Gasteiger partial charge in [-0.25, -0.2) is 4.39 Å². The summed E-state index contributed by atoms with van der Waals surface area (Å²) < 4.78 is 18.7. The maximum Gasteiger partial charge on any atom is 0.123 e. The molecule has 0 unspecified atom stereocenters. The molecule has 0 saturated heterocycles. The highest BCUT2D eigenvalue weighted by Gasteiger charge is 2.20. The first-order valence-electron chi connectivity index (χ1n) is 6.92. The van der Waals surface area contributed by atoms with Gasteiger partial charge in [-0.1, -0.05) is 18.2 Å². The van der Waals surface area contributed by atoms with Gasteiger partial charge in [0.25, 0.3) is 0 Å². The Kier molecular flexibility index (Phi) is 3.70. The molecule has 3 rings (SSSR count). The van der Waals surface area contributed by atoms with Crippen LogP contribution >= 0.6 is 0 Å². The number of ether oxygens (including phenoxy) is 1. The molecule has 0 heterocycles. The van der Waals surface area contributed by atoms with Crippen molar-refractivity contribution in [2.75, 3.05) is 7.11 Å². The fourth-order valence-corrected chi connectivity index (χ4v) is 2.28. The average Bonchev–Trinajstić information content (AvgIpc) is 3.30. The lowest BCUT2D eigenvalue weighted by Crippen LogP contribution is -2.15. The third-order valence-electron chi connectivity index (χ3n) is 3.63. The molecule has 2 aromatic carbocycles. The van der Waals surface area contributed by atoms with Crippen LogP contribution in [-0.4, -0.2) is 13.2 Å². The molecular weight excluding hydrogens is 253 g/mol. The second kappa shape index (κ2) is 5.63. The predicted octanol–water partition coefficient (Wildman–Crippen LogP) is 3.75. The van der Waals surface area contributed by atoms with Crippen LogP contribution in [0.25, 0.3) is 11.1 Å². The molecule has 0 aliphatic heterocycles. The molecule has 1 saturated carbocycles. The van der Waals surface area contributed by atoms with Crippen molar-refractivity contribution in [1.29, 1.82) is 0 Å². The van der Waals surface area contributed by atoms with Crippen molar-refractivity contribution in [3.63, 3.8) is 0 Å². The molecule has 0 amide bonds. The van der Waals surface area contributed by atoms with Gasteiger partial charge in [0.15, 0.2) is 0 Å². The molecule has 2 aromatic rings. The number of nitrogens with one attached hydrogen (secondary N) is 1. The summed E-state index contributed by atoms with van der Waals surface area (Å²) in [4.78, 5) is 0. The third-order valence-corrected chi connectivity index (χ3v) is 3.63. The minimum absolute atomic E-state index is 0.203. The molecule has 1 N–H and O–H groups in total. The van der Waals surface area contributed by atoms with Crippen molar-refractivity contribution in [1.82, 2.24) is 5.32 Å². The van der Waals surface area contributed by atoms with Gasteiger partial charge in [-0.2, -0.15) is 0 Å². The van der Waals surface area contributed by atoms with E-state index in [2.05, 4.69) is 5.32 Å². The molecule has 0 spiro atoms. The normalized spacial score (nSPS) is 14.3. The summed E-state index contributed by atoms with van der Waals surface area (Å²) in [6, 6.07) is 13.4. The molecule has 20 heavy (non-hydrogen) atoms. The van der Waals surface area contributed by atoms with E-state index in [9.17, 15) is 4.39 Å². The summed E-state index contributed by atoms with van der Waals surface area (Å²) in [6.07, 6.45) is 2.50. The monoisotopic (exact) mass is 271 g/mol. The van der Waals surface area contributed by atoms with E-state index in [1.54, 1.807) is 13.2 Å². The quantitative estimate of drug-likeness (QED) is 0.894. The summed E-state index contributed by atoms with van der Waals surface area (Å²) >= 11 is 0. The van der Waals surface area contributed by atoms with E-state index >= 15 is 0 Å². The molecule has 3 heteroatoms. The highest BCUT2D eigenvalue weighted by atomic mass is 19.1. The molecule has 1 fully saturated rings. The Morgan fingerprint density at radius 3 is 2.55 bits per heavy atom. The molecule has 2 nitrogen and oxygen atoms in total. The minimum Gasteiger partial charge on any atom is -0.497 e. The Morgan fingerprint density at radius 1 is 1.15 bits per heavy atom. The van der Waals surface area contributed by atoms with Crippen LogP contribution in [0.4, 0.5) is 4.39 Å². The van der Waals surface area contributed by atoms with Crippen LogP contribution < -0.4 is 10.1 Å². The summed E-state index contributed by atoms with van der Waals surface area (Å²) in [6.45, 7) is 0.784. The minimum atomic E-state index is -0.203. The second-order valence-corrected chi connectivity index (χ2v) is 5.19. The van der Waals surface area contributed by atoms with Crippen LogP contribution in [-0.2, 0) is 6.54 Å². The first kappa shape index (κ1) is 13.1. The van der Waals surface area contributed by atoms with Crippen LogP contribution in [0.2, 0.25) is 0 Å². The first-order chi connectivity index (χ1) is 9.76. The highest BCUT2D eigenvalue weighted by molar-refractivity contribution is 5.68. The first-order valence-corrected chi connectivity index (χ1v) is 6.92. The smallest absolute Gasteiger partial charge is 0.123 e. The van der Waals surface area contributed by atoms with E-state index in [0.717, 1.165) is 29.0 Å². The molecule has 0 radical (unpaired) electrons. The van der Waals surface area contributed by atoms with Crippen molar-refractivity contribution in [2.45, 2.75) is 25.4 Å². The molecule has 1 aliphatic rings. The van der Waals surface area contributed by atoms with Gasteiger partial charge in [0, 0.05) is 12.6 Å². The highest BCUT2D eigenvalue weighted by Crippen LogP contribution is 2.28. The van der Waals surface area contributed by atoms with Gasteiger partial charge in [0.1, 0.15) is 11.6 Å². The van der Waals surface area contributed by atoms with Crippen molar-refractivity contribution < 1.29 is 9.13 Å². The second-order valence-electron chi connectivity index (χ2n) is 5.19. The van der Waals surface area contributed by atoms with Gasteiger partial charge in [-0.05, 0) is 53.8 Å². The Bertz CT molecular complexity index is 590. The van der Waals surface area contributed by atoms with Crippen LogP contribution in [0.5, 0.6) is 5.75 Å². The van der Waals surface area contributed by atoms with E-state index in [4.69, 9.17) is 4.74 Å². The van der Waals surface area contributed by atoms with Gasteiger partial charge in [-0.15, -0.1) is 0 Å². The number of halogens is 1. The molecule has 1 aliphatic carbocycles. The molecule has 0 bridgehead atoms. The lowest BCUT2D eigenvalue weighted by Gasteiger charge is -2.11. The summed E-state index contributed by atoms with van der Waals surface area (Å²) in [5.74, 6) is 0.605. The molecule has 0 atom stereocenters. The number of hydrogen-bond donors (Lipinski definition) is 1. The standard InChI is InChI=1S/C17H18FNO/c1-20-16-8-3-12(4-9-16)17-10-14(18)5-2-13(17)11-19-15-6-7-15/h2-5,8-10,15,19H,6-7,11H2,1H3. The van der Waals surface area contributed by atoms with Crippen LogP contribution in [0.15, 0.2) is 42.5 Å². The van der Waals surface area contributed by atoms with E-state index < -0.39 is 0 Å². The van der Waals surface area contributed by atoms with E-state index in [1.807, 2.05) is 30.3 Å². The van der Waals surface area contributed by atoms with Gasteiger partial charge in [0.05, 0.1) is 7.11 Å². The number of benzene rings is 2. The van der Waals surface area contributed by atoms with Gasteiger partial charge < -0.3 is 10.1 Å². The van der Waals surface area contributed by atoms with Gasteiger partial charge in [0.2, 0.25) is 0 Å². The van der Waals surface area contributed by atoms with E-state index in [0.29, 0.717) is 6.04 Å². The average molecular weight is 271 g/mol. The Hall–Kier alpha value is -1.87. The van der Waals surface area contributed by atoms with Crippen molar-refractivity contribution in [2.24, 2.45) is 0 Å². The Morgan fingerprint density at radius 2 is 1.90 bits per heavy atom. The topological polar surface area (TPSA) is 21.3 Å². The van der Waals surface area contributed by atoms with E-state index in [-0.39, 0.29) is 5.82 Å². The summed E-state index contributed by atoms with van der Waals surface area (Å²) in [7, 11) is 1.64. The Balaban J connectivity index is 1.89. The summed E-state index contributed by atoms with van der Waals surface area (Å²) in [5, 5.41) is 3.48. The van der Waals surface area contributed by atoms with Crippen LogP contribution in [0.3, 0.4) is 0 Å². The van der Waals surface area contributed by atoms with Gasteiger partial charge >= 0.3 is 0 Å². The number of hydrogen-bond acceptors (Lipinski definition) is 2. The van der Waals surface area contributed by atoms with E-state index in [1.165, 1.54) is 18.9 Å². The van der Waals surface area contributed by atoms with Crippen molar-refractivity contribution in [3.8, 4) is 16.9 Å². The molecule has 0 aromatic heterocycles. The van der Waals surface area contributed by atoms with Crippen molar-refractivity contribution >= 4 is 0 Å². The Labute approximate surface area is 118 Å². The fraction of sp³-hybridized carbons (Fsp3) is 0.294. The lowest BCUT2D eigenvalue weighted by atomic mass is 9.99. The zero-order valence-corrected chi connectivity index (χ0v) is 11.5.